The topological polar surface area (TPSA) is 57.6 Å². The highest BCUT2D eigenvalue weighted by Crippen LogP contribution is 2.17. The molecule has 0 bridgehead atoms. The molecule has 0 saturated carbocycles. The number of aromatic carboxylic acids is 1. The van der Waals surface area contributed by atoms with Crippen LogP contribution in [-0.4, -0.2) is 35.0 Å². The van der Waals surface area contributed by atoms with Gasteiger partial charge in [-0.3, -0.25) is 4.79 Å². The fourth-order valence-corrected chi connectivity index (χ4v) is 2.68. The summed E-state index contributed by atoms with van der Waals surface area (Å²) < 4.78 is 0. The molecule has 108 valence electrons. The summed E-state index contributed by atoms with van der Waals surface area (Å²) in [5.74, 6) is -0.309. The molecule has 4 nitrogen and oxygen atoms in total. The second-order valence-electron chi connectivity index (χ2n) is 5.62. The molecule has 1 unspecified atom stereocenters. The molecule has 1 aliphatic rings. The Bertz CT molecular complexity index is 498. The van der Waals surface area contributed by atoms with E-state index < -0.39 is 5.97 Å². The van der Waals surface area contributed by atoms with Crippen molar-refractivity contribution in [2.45, 2.75) is 32.6 Å². The highest BCUT2D eigenvalue weighted by Gasteiger charge is 2.19. The van der Waals surface area contributed by atoms with Gasteiger partial charge in [-0.15, -0.1) is 0 Å². The minimum Gasteiger partial charge on any atom is -0.478 e. The van der Waals surface area contributed by atoms with Crippen LogP contribution in [0.3, 0.4) is 0 Å². The Balaban J connectivity index is 2.03. The maximum atomic E-state index is 12.3. The first-order valence-electron chi connectivity index (χ1n) is 7.16. The van der Waals surface area contributed by atoms with E-state index >= 15 is 0 Å². The number of benzene rings is 1. The second kappa shape index (κ2) is 6.55. The van der Waals surface area contributed by atoms with Gasteiger partial charge in [-0.25, -0.2) is 4.79 Å². The Kier molecular flexibility index (Phi) is 4.77. The molecule has 1 amide bonds. The molecule has 1 saturated heterocycles. The Morgan fingerprint density at radius 3 is 2.90 bits per heavy atom. The molecule has 0 spiro atoms. The first-order chi connectivity index (χ1) is 9.56. The molecular formula is C16H21NO3. The normalized spacial score (nSPS) is 19.4. The molecule has 20 heavy (non-hydrogen) atoms. The molecule has 0 aromatic heterocycles. The van der Waals surface area contributed by atoms with Gasteiger partial charge in [-0.05, 0) is 36.5 Å². The second-order valence-corrected chi connectivity index (χ2v) is 5.62. The van der Waals surface area contributed by atoms with Crippen molar-refractivity contribution in [3.63, 3.8) is 0 Å². The van der Waals surface area contributed by atoms with E-state index in [4.69, 9.17) is 5.11 Å². The summed E-state index contributed by atoms with van der Waals surface area (Å²) in [6.07, 6.45) is 3.71. The molecule has 0 aliphatic carbocycles. The molecule has 1 aliphatic heterocycles. The standard InChI is InChI=1S/C16H21NO3/c1-12-5-2-3-8-17(11-12)15(18)10-13-6-4-7-14(9-13)16(19)20/h4,6-7,9,12H,2-3,5,8,10-11H2,1H3,(H,19,20). The number of carbonyl (C=O) groups excluding carboxylic acids is 1. The van der Waals surface area contributed by atoms with Gasteiger partial charge in [0.15, 0.2) is 0 Å². The maximum Gasteiger partial charge on any atom is 0.335 e. The number of rotatable bonds is 3. The molecule has 0 radical (unpaired) electrons. The van der Waals surface area contributed by atoms with Crippen molar-refractivity contribution in [2.24, 2.45) is 5.92 Å². The van der Waals surface area contributed by atoms with E-state index in [1.54, 1.807) is 18.2 Å². The number of carboxylic acids is 1. The van der Waals surface area contributed by atoms with Gasteiger partial charge in [0, 0.05) is 13.1 Å². The van der Waals surface area contributed by atoms with Crippen molar-refractivity contribution in [1.82, 2.24) is 4.90 Å². The number of hydrogen-bond donors (Lipinski definition) is 1. The number of hydrogen-bond acceptors (Lipinski definition) is 2. The Morgan fingerprint density at radius 2 is 2.15 bits per heavy atom. The fraction of sp³-hybridized carbons (Fsp3) is 0.500. The third kappa shape index (κ3) is 3.83. The summed E-state index contributed by atoms with van der Waals surface area (Å²) in [5, 5.41) is 8.97. The summed E-state index contributed by atoms with van der Waals surface area (Å²) in [6, 6.07) is 6.63. The average molecular weight is 275 g/mol. The number of amides is 1. The van der Waals surface area contributed by atoms with Crippen molar-refractivity contribution >= 4 is 11.9 Å². The van der Waals surface area contributed by atoms with Crippen LogP contribution in [0.5, 0.6) is 0 Å². The molecule has 1 aromatic carbocycles. The zero-order chi connectivity index (χ0) is 14.5. The smallest absolute Gasteiger partial charge is 0.335 e. The van der Waals surface area contributed by atoms with E-state index in [9.17, 15) is 9.59 Å². The van der Waals surface area contributed by atoms with Crippen LogP contribution < -0.4 is 0 Å². The van der Waals surface area contributed by atoms with Crippen molar-refractivity contribution in [3.05, 3.63) is 35.4 Å². The largest absolute Gasteiger partial charge is 0.478 e. The molecule has 2 rings (SSSR count). The summed E-state index contributed by atoms with van der Waals surface area (Å²) in [5.41, 5.74) is 1.01. The highest BCUT2D eigenvalue weighted by molar-refractivity contribution is 5.88. The summed E-state index contributed by atoms with van der Waals surface area (Å²) in [6.45, 7) is 3.82. The lowest BCUT2D eigenvalue weighted by Gasteiger charge is -2.22. The van der Waals surface area contributed by atoms with Gasteiger partial charge in [0.25, 0.3) is 0 Å². The predicted octanol–water partition coefficient (Wildman–Crippen LogP) is 2.58. The van der Waals surface area contributed by atoms with Gasteiger partial charge in [-0.2, -0.15) is 0 Å². The predicted molar refractivity (Wildman–Crippen MR) is 76.7 cm³/mol. The molecule has 1 heterocycles. The van der Waals surface area contributed by atoms with Crippen LogP contribution in [0.4, 0.5) is 0 Å². The number of nitrogens with zero attached hydrogens (tertiary/aromatic N) is 1. The van der Waals surface area contributed by atoms with Gasteiger partial charge in [-0.1, -0.05) is 25.5 Å². The summed E-state index contributed by atoms with van der Waals surface area (Å²) in [7, 11) is 0. The molecule has 1 aromatic rings. The average Bonchev–Trinajstić information content (AvgIpc) is 2.63. The zero-order valence-electron chi connectivity index (χ0n) is 11.8. The maximum absolute atomic E-state index is 12.3. The van der Waals surface area contributed by atoms with E-state index in [1.165, 1.54) is 12.8 Å². The van der Waals surface area contributed by atoms with E-state index in [-0.39, 0.29) is 17.9 Å². The van der Waals surface area contributed by atoms with Crippen LogP contribution in [0.2, 0.25) is 0 Å². The first kappa shape index (κ1) is 14.6. The lowest BCUT2D eigenvalue weighted by molar-refractivity contribution is -0.130. The third-order valence-corrected chi connectivity index (χ3v) is 3.79. The SMILES string of the molecule is CC1CCCCN(C(=O)Cc2cccc(C(=O)O)c2)C1. The number of carboxylic acid groups (broad SMARTS) is 1. The van der Waals surface area contributed by atoms with Crippen LogP contribution in [0.25, 0.3) is 0 Å². The van der Waals surface area contributed by atoms with Crippen molar-refractivity contribution in [1.29, 1.82) is 0 Å². The summed E-state index contributed by atoms with van der Waals surface area (Å²) >= 11 is 0. The van der Waals surface area contributed by atoms with Crippen LogP contribution >= 0.6 is 0 Å². The van der Waals surface area contributed by atoms with Crippen LogP contribution in [0, 0.1) is 5.92 Å². The van der Waals surface area contributed by atoms with Gasteiger partial charge in [0.1, 0.15) is 0 Å². The minimum absolute atomic E-state index is 0.0984. The molecule has 1 atom stereocenters. The monoisotopic (exact) mass is 275 g/mol. The Labute approximate surface area is 119 Å². The number of carbonyl (C=O) groups is 2. The molecule has 1 N–H and O–H groups in total. The Morgan fingerprint density at radius 1 is 1.35 bits per heavy atom. The lowest BCUT2D eigenvalue weighted by Crippen LogP contribution is -2.35. The molecule has 1 fully saturated rings. The van der Waals surface area contributed by atoms with E-state index in [0.717, 1.165) is 25.1 Å². The highest BCUT2D eigenvalue weighted by atomic mass is 16.4. The van der Waals surface area contributed by atoms with Gasteiger partial charge in [0.05, 0.1) is 12.0 Å². The molecular weight excluding hydrogens is 254 g/mol. The first-order valence-corrected chi connectivity index (χ1v) is 7.16. The third-order valence-electron chi connectivity index (χ3n) is 3.79. The van der Waals surface area contributed by atoms with Crippen molar-refractivity contribution in [2.75, 3.05) is 13.1 Å². The lowest BCUT2D eigenvalue weighted by atomic mass is 10.1. The molecule has 4 heteroatoms. The quantitative estimate of drug-likeness (QED) is 0.922. The van der Waals surface area contributed by atoms with Crippen molar-refractivity contribution < 1.29 is 14.7 Å². The van der Waals surface area contributed by atoms with Crippen LogP contribution in [0.15, 0.2) is 24.3 Å². The van der Waals surface area contributed by atoms with Gasteiger partial charge in [0.2, 0.25) is 5.91 Å². The Hall–Kier alpha value is -1.84. The van der Waals surface area contributed by atoms with Gasteiger partial charge < -0.3 is 10.0 Å². The summed E-state index contributed by atoms with van der Waals surface area (Å²) in [4.78, 5) is 25.2. The van der Waals surface area contributed by atoms with E-state index in [1.807, 2.05) is 11.0 Å². The van der Waals surface area contributed by atoms with E-state index in [0.29, 0.717) is 5.92 Å². The zero-order valence-corrected chi connectivity index (χ0v) is 11.8. The van der Waals surface area contributed by atoms with Crippen LogP contribution in [0.1, 0.15) is 42.1 Å². The number of likely N-dealkylation sites (tertiary alicyclic amines) is 1. The van der Waals surface area contributed by atoms with E-state index in [2.05, 4.69) is 6.92 Å². The minimum atomic E-state index is -0.956. The van der Waals surface area contributed by atoms with Crippen molar-refractivity contribution in [3.8, 4) is 0 Å². The van der Waals surface area contributed by atoms with Crippen LogP contribution in [-0.2, 0) is 11.2 Å². The van der Waals surface area contributed by atoms with Gasteiger partial charge >= 0.3 is 5.97 Å². The fourth-order valence-electron chi connectivity index (χ4n) is 2.68.